The highest BCUT2D eigenvalue weighted by atomic mass is 35.5. The molecule has 0 spiro atoms. The predicted molar refractivity (Wildman–Crippen MR) is 490 cm³/mol. The number of para-hydroxylation sites is 6. The Bertz CT molecular complexity index is 8380. The van der Waals surface area contributed by atoms with Crippen LogP contribution in [0, 0.1) is 0 Å². The highest BCUT2D eigenvalue weighted by Gasteiger charge is 2.28. The lowest BCUT2D eigenvalue weighted by Gasteiger charge is -2.16. The molecule has 0 bridgehead atoms. The SMILES string of the molecule is Clc1ccc2oc3ccccc3c2c1-c1nc(-c2ccccc2)nc(-n2c3ccccc3c3ccccc32)n1.c1ccc(-c2nc(-c3c(-n4c5cc6ccccc6cc5c5cc6ccccc6cc54)ccc4oc5ccccc5c34)nc(-n3c4ccccc4c4ccccc43)n2)cc1.c1ccc2cc3c(cc2c1)[nH]c1cc2ccccc2cc13. The van der Waals surface area contributed by atoms with Crippen molar-refractivity contribution in [1.82, 2.24) is 48.6 Å². The van der Waals surface area contributed by atoms with Crippen LogP contribution < -0.4 is 0 Å². The van der Waals surface area contributed by atoms with Gasteiger partial charge in [-0.05, 0) is 152 Å². The molecule has 0 aliphatic rings. The first-order valence-electron chi connectivity index (χ1n) is 39.7. The number of aromatic nitrogens is 10. The lowest BCUT2D eigenvalue weighted by atomic mass is 10.0. The highest BCUT2D eigenvalue weighted by Crippen LogP contribution is 2.47. The van der Waals surface area contributed by atoms with E-state index < -0.39 is 0 Å². The maximum Gasteiger partial charge on any atom is 0.238 e. The van der Waals surface area contributed by atoms with Crippen molar-refractivity contribution >= 4 is 186 Å². The maximum absolute atomic E-state index is 6.91. The first kappa shape index (κ1) is 67.6. The average Bonchev–Trinajstić information content (AvgIpc) is 1.57. The minimum atomic E-state index is 0.489. The summed E-state index contributed by atoms with van der Waals surface area (Å²) in [7, 11) is 0. The molecule has 0 fully saturated rings. The molecule has 0 atom stereocenters. The van der Waals surface area contributed by atoms with Crippen molar-refractivity contribution in [1.29, 1.82) is 0 Å². The Morgan fingerprint density at radius 1 is 0.227 bits per heavy atom. The van der Waals surface area contributed by atoms with E-state index in [0.717, 1.165) is 126 Å². The van der Waals surface area contributed by atoms with Gasteiger partial charge in [0.05, 0.1) is 49.4 Å². The zero-order chi connectivity index (χ0) is 78.3. The van der Waals surface area contributed by atoms with E-state index in [2.05, 4.69) is 286 Å². The van der Waals surface area contributed by atoms with Gasteiger partial charge in [-0.3, -0.25) is 9.13 Å². The van der Waals surface area contributed by atoms with E-state index in [1.54, 1.807) is 0 Å². The van der Waals surface area contributed by atoms with Crippen LogP contribution in [0.4, 0.5) is 0 Å². The Labute approximate surface area is 683 Å². The summed E-state index contributed by atoms with van der Waals surface area (Å²) in [6, 6.07) is 131. The molecule has 0 aliphatic heterocycles. The number of rotatable bonds is 7. The summed E-state index contributed by atoms with van der Waals surface area (Å²) in [4.78, 5) is 34.8. The molecule has 8 heterocycles. The number of H-pyrrole nitrogens is 1. The summed E-state index contributed by atoms with van der Waals surface area (Å²) in [5, 5.41) is 23.7. The lowest BCUT2D eigenvalue weighted by molar-refractivity contribution is 0.668. The van der Waals surface area contributed by atoms with Crippen LogP contribution in [0.15, 0.2) is 385 Å². The third-order valence-corrected chi connectivity index (χ3v) is 23.7. The van der Waals surface area contributed by atoms with Gasteiger partial charge in [-0.2, -0.15) is 19.9 Å². The number of fused-ring (bicyclic) bond motifs is 22. The molecule has 0 radical (unpaired) electrons. The van der Waals surface area contributed by atoms with E-state index in [4.69, 9.17) is 50.3 Å². The van der Waals surface area contributed by atoms with Crippen LogP contribution in [0.5, 0.6) is 0 Å². The van der Waals surface area contributed by atoms with Crippen LogP contribution in [0.25, 0.3) is 237 Å². The van der Waals surface area contributed by atoms with Gasteiger partial charge >= 0.3 is 0 Å². The van der Waals surface area contributed by atoms with Gasteiger partial charge in [-0.15, -0.1) is 0 Å². The number of halogens is 1. The molecule has 8 aromatic heterocycles. The van der Waals surface area contributed by atoms with Gasteiger partial charge in [-0.25, -0.2) is 9.97 Å². The molecule has 26 aromatic rings. The van der Waals surface area contributed by atoms with Crippen LogP contribution in [0.2, 0.25) is 5.02 Å². The van der Waals surface area contributed by atoms with Gasteiger partial charge in [0.2, 0.25) is 11.9 Å². The first-order valence-corrected chi connectivity index (χ1v) is 40.1. The molecule has 0 amide bonds. The molecule has 556 valence electrons. The van der Waals surface area contributed by atoms with Crippen LogP contribution in [0.3, 0.4) is 0 Å². The summed E-state index contributed by atoms with van der Waals surface area (Å²) in [5.41, 5.74) is 16.1. The average molecular weight is 1540 g/mol. The normalized spacial score (nSPS) is 11.9. The molecular formula is C106H63ClN10O2. The molecule has 0 aliphatic carbocycles. The van der Waals surface area contributed by atoms with Crippen molar-refractivity contribution in [3.63, 3.8) is 0 Å². The second kappa shape index (κ2) is 27.1. The van der Waals surface area contributed by atoms with Crippen molar-refractivity contribution in [2.45, 2.75) is 0 Å². The minimum absolute atomic E-state index is 0.489. The fourth-order valence-electron chi connectivity index (χ4n) is 18.0. The van der Waals surface area contributed by atoms with Crippen molar-refractivity contribution < 1.29 is 8.83 Å². The van der Waals surface area contributed by atoms with Crippen molar-refractivity contribution in [3.8, 4) is 63.1 Å². The summed E-state index contributed by atoms with van der Waals surface area (Å²) in [5.74, 6) is 3.27. The van der Waals surface area contributed by atoms with Gasteiger partial charge in [-0.1, -0.05) is 279 Å². The number of hydrogen-bond acceptors (Lipinski definition) is 8. The Hall–Kier alpha value is -15.9. The second-order valence-electron chi connectivity index (χ2n) is 30.2. The summed E-state index contributed by atoms with van der Waals surface area (Å²) < 4.78 is 19.5. The lowest BCUT2D eigenvalue weighted by Crippen LogP contribution is -2.08. The van der Waals surface area contributed by atoms with E-state index in [1.165, 1.54) is 75.7 Å². The molecular weight excluding hydrogens is 1480 g/mol. The standard InChI is InChI=1S/C53H31N5O.C33H19ClN4O.C20H13N/c1-2-14-32(15-3-1)51-54-52(56-53(55-51)58-42-23-11-8-20-37(42)38-21-9-12-24-43(38)58)50-44(26-27-48-49(50)39-22-10-13-25-47(39)59-48)57-45-30-35-18-6-4-16-33(35)28-40(45)41-29-34-17-5-7-19-36(34)31-46(41)57;34-24-18-19-28-29(23-14-6-9-17-27(23)39-28)30(24)32-35-31(20-10-2-1-3-11-20)36-33(37-32)38-25-15-7-4-12-21(25)22-13-5-8-16-26(22)38;1-3-7-15-11-19-17(9-13(15)5-1)18-10-14-6-2-4-8-16(14)12-20(18)21-19/h1-31H;1-19H;1-12,21H. The number of furan rings is 2. The van der Waals surface area contributed by atoms with Crippen molar-refractivity contribution in [2.75, 3.05) is 0 Å². The first-order chi connectivity index (χ1) is 58.9. The number of nitrogens with one attached hydrogen (secondary N) is 1. The number of hydrogen-bond donors (Lipinski definition) is 1. The minimum Gasteiger partial charge on any atom is -0.456 e. The fourth-order valence-corrected chi connectivity index (χ4v) is 18.3. The molecule has 12 nitrogen and oxygen atoms in total. The van der Waals surface area contributed by atoms with Gasteiger partial charge in [0.25, 0.3) is 0 Å². The van der Waals surface area contributed by atoms with Crippen LogP contribution >= 0.6 is 11.6 Å². The van der Waals surface area contributed by atoms with Crippen molar-refractivity contribution in [2.24, 2.45) is 0 Å². The molecule has 13 heteroatoms. The molecule has 26 rings (SSSR count). The Balaban J connectivity index is 0.000000114. The molecule has 0 unspecified atom stereocenters. The monoisotopic (exact) mass is 1540 g/mol. The van der Waals surface area contributed by atoms with Gasteiger partial charge < -0.3 is 18.4 Å². The van der Waals surface area contributed by atoms with Crippen LogP contribution in [-0.4, -0.2) is 48.6 Å². The van der Waals surface area contributed by atoms with E-state index >= 15 is 0 Å². The quantitative estimate of drug-likeness (QED) is 0.167. The zero-order valence-corrected chi connectivity index (χ0v) is 64.3. The van der Waals surface area contributed by atoms with E-state index in [-0.39, 0.29) is 0 Å². The largest absolute Gasteiger partial charge is 0.456 e. The molecule has 18 aromatic carbocycles. The Morgan fingerprint density at radius 2 is 0.546 bits per heavy atom. The van der Waals surface area contributed by atoms with Crippen molar-refractivity contribution in [3.05, 3.63) is 381 Å². The predicted octanol–water partition coefficient (Wildman–Crippen LogP) is 28.1. The smallest absolute Gasteiger partial charge is 0.238 e. The third kappa shape index (κ3) is 11.1. The van der Waals surface area contributed by atoms with Gasteiger partial charge in [0, 0.05) is 92.4 Å². The molecule has 0 saturated heterocycles. The number of benzene rings is 18. The Morgan fingerprint density at radius 3 is 0.966 bits per heavy atom. The Kier molecular flexibility index (Phi) is 15.4. The van der Waals surface area contributed by atoms with E-state index in [0.29, 0.717) is 40.2 Å². The molecule has 0 saturated carbocycles. The highest BCUT2D eigenvalue weighted by molar-refractivity contribution is 6.36. The van der Waals surface area contributed by atoms with Crippen LogP contribution in [-0.2, 0) is 0 Å². The van der Waals surface area contributed by atoms with Gasteiger partial charge in [0.15, 0.2) is 23.3 Å². The number of nitrogens with zero attached hydrogens (tertiary/aromatic N) is 9. The second-order valence-corrected chi connectivity index (χ2v) is 30.7. The summed E-state index contributed by atoms with van der Waals surface area (Å²) in [6.45, 7) is 0. The fraction of sp³-hybridized carbons (Fsp3) is 0. The summed E-state index contributed by atoms with van der Waals surface area (Å²) >= 11 is 6.91. The van der Waals surface area contributed by atoms with Crippen LogP contribution in [0.1, 0.15) is 0 Å². The summed E-state index contributed by atoms with van der Waals surface area (Å²) in [6.07, 6.45) is 0. The maximum atomic E-state index is 6.91. The zero-order valence-electron chi connectivity index (χ0n) is 63.5. The topological polar surface area (TPSA) is 134 Å². The molecule has 1 N–H and O–H groups in total. The van der Waals surface area contributed by atoms with E-state index in [9.17, 15) is 0 Å². The van der Waals surface area contributed by atoms with E-state index in [1.807, 2.05) is 109 Å². The van der Waals surface area contributed by atoms with Gasteiger partial charge in [0.1, 0.15) is 22.3 Å². The third-order valence-electron chi connectivity index (χ3n) is 23.4. The molecule has 119 heavy (non-hydrogen) atoms. The number of aromatic amines is 1.